The lowest BCUT2D eigenvalue weighted by atomic mass is 10.2. The van der Waals surface area contributed by atoms with Crippen molar-refractivity contribution < 1.29 is 14.9 Å². The molecule has 2 rings (SSSR count). The summed E-state index contributed by atoms with van der Waals surface area (Å²) in [5.74, 6) is 0.888. The highest BCUT2D eigenvalue weighted by Crippen LogP contribution is 2.27. The van der Waals surface area contributed by atoms with Crippen LogP contribution in [0.25, 0.3) is 0 Å². The predicted octanol–water partition coefficient (Wildman–Crippen LogP) is -1.10. The highest BCUT2D eigenvalue weighted by molar-refractivity contribution is 4.93. The van der Waals surface area contributed by atoms with Crippen LogP contribution in [-0.2, 0) is 4.74 Å². The van der Waals surface area contributed by atoms with Gasteiger partial charge >= 0.3 is 5.69 Å². The van der Waals surface area contributed by atoms with Crippen LogP contribution in [-0.4, -0.2) is 43.6 Å². The lowest BCUT2D eigenvalue weighted by molar-refractivity contribution is -0.0469. The van der Waals surface area contributed by atoms with Crippen LogP contribution in [0.15, 0.2) is 4.79 Å². The fourth-order valence-electron chi connectivity index (χ4n) is 2.01. The number of aromatic nitrogens is 3. The van der Waals surface area contributed by atoms with Crippen LogP contribution in [0.3, 0.4) is 0 Å². The summed E-state index contributed by atoms with van der Waals surface area (Å²) in [6, 6.07) is 0. The molecule has 7 heteroatoms. The maximum Gasteiger partial charge on any atom is 0.352 e. The summed E-state index contributed by atoms with van der Waals surface area (Å²) in [7, 11) is 0. The molecule has 1 aromatic rings. The van der Waals surface area contributed by atoms with Gasteiger partial charge in [-0.25, -0.2) is 9.78 Å². The summed E-state index contributed by atoms with van der Waals surface area (Å²) >= 11 is 0. The van der Waals surface area contributed by atoms with E-state index in [0.717, 1.165) is 0 Å². The molecule has 1 fully saturated rings. The molecular weight excluding hydrogens is 226 g/mol. The summed E-state index contributed by atoms with van der Waals surface area (Å²) in [5, 5.41) is 18.6. The third-order valence-corrected chi connectivity index (χ3v) is 2.81. The van der Waals surface area contributed by atoms with Gasteiger partial charge in [-0.3, -0.25) is 4.57 Å². The van der Waals surface area contributed by atoms with Gasteiger partial charge in [0.25, 0.3) is 0 Å². The molecule has 94 valence electrons. The van der Waals surface area contributed by atoms with E-state index in [2.05, 4.69) is 9.97 Å². The van der Waals surface area contributed by atoms with E-state index in [-0.39, 0.29) is 13.0 Å². The van der Waals surface area contributed by atoms with Gasteiger partial charge in [0.1, 0.15) is 24.0 Å². The Kier molecular flexibility index (Phi) is 3.23. The van der Waals surface area contributed by atoms with Gasteiger partial charge in [0.2, 0.25) is 0 Å². The molecular formula is C10H15N3O4. The van der Waals surface area contributed by atoms with Crippen molar-refractivity contribution in [2.75, 3.05) is 6.61 Å². The average molecular weight is 241 g/mol. The highest BCUT2D eigenvalue weighted by atomic mass is 16.5. The Labute approximate surface area is 97.7 Å². The SMILES string of the molecule is Cc1nc(C)n([C@H]2CC(O)[C@@H](CO)O2)c(=O)n1. The molecule has 7 nitrogen and oxygen atoms in total. The number of rotatable bonds is 2. The van der Waals surface area contributed by atoms with Crippen LogP contribution in [0.5, 0.6) is 0 Å². The summed E-state index contributed by atoms with van der Waals surface area (Å²) in [5.41, 5.74) is -0.453. The van der Waals surface area contributed by atoms with Crippen LogP contribution in [0.4, 0.5) is 0 Å². The van der Waals surface area contributed by atoms with Gasteiger partial charge in [0, 0.05) is 6.42 Å². The first kappa shape index (κ1) is 12.2. The quantitative estimate of drug-likeness (QED) is 0.682. The minimum atomic E-state index is -0.780. The summed E-state index contributed by atoms with van der Waals surface area (Å²) in [4.78, 5) is 19.5. The second-order valence-electron chi connectivity index (χ2n) is 4.09. The van der Waals surface area contributed by atoms with Crippen LogP contribution in [0, 0.1) is 13.8 Å². The van der Waals surface area contributed by atoms with Crippen LogP contribution in [0.2, 0.25) is 0 Å². The molecule has 1 aliphatic rings. The number of hydrogen-bond donors (Lipinski definition) is 2. The van der Waals surface area contributed by atoms with Gasteiger partial charge in [-0.1, -0.05) is 0 Å². The fourth-order valence-corrected chi connectivity index (χ4v) is 2.01. The van der Waals surface area contributed by atoms with Crippen molar-refractivity contribution in [1.82, 2.24) is 14.5 Å². The zero-order valence-corrected chi connectivity index (χ0v) is 9.70. The van der Waals surface area contributed by atoms with E-state index in [4.69, 9.17) is 9.84 Å². The monoisotopic (exact) mass is 241 g/mol. The number of hydrogen-bond acceptors (Lipinski definition) is 6. The smallest absolute Gasteiger partial charge is 0.352 e. The normalized spacial score (nSPS) is 28.6. The van der Waals surface area contributed by atoms with E-state index in [1.54, 1.807) is 13.8 Å². The summed E-state index contributed by atoms with van der Waals surface area (Å²) < 4.78 is 6.69. The van der Waals surface area contributed by atoms with Crippen molar-refractivity contribution in [1.29, 1.82) is 0 Å². The molecule has 1 aliphatic heterocycles. The molecule has 2 heterocycles. The largest absolute Gasteiger partial charge is 0.394 e. The van der Waals surface area contributed by atoms with Gasteiger partial charge < -0.3 is 14.9 Å². The Morgan fingerprint density at radius 3 is 2.71 bits per heavy atom. The second-order valence-corrected chi connectivity index (χ2v) is 4.09. The average Bonchev–Trinajstić information content (AvgIpc) is 2.57. The lowest BCUT2D eigenvalue weighted by Gasteiger charge is -2.16. The molecule has 0 amide bonds. The van der Waals surface area contributed by atoms with E-state index in [9.17, 15) is 9.90 Å². The van der Waals surface area contributed by atoms with Crippen LogP contribution < -0.4 is 5.69 Å². The number of aliphatic hydroxyl groups is 2. The van der Waals surface area contributed by atoms with Gasteiger partial charge in [-0.2, -0.15) is 4.98 Å². The Morgan fingerprint density at radius 2 is 2.18 bits per heavy atom. The number of aryl methyl sites for hydroxylation is 2. The van der Waals surface area contributed by atoms with E-state index in [0.29, 0.717) is 11.6 Å². The van der Waals surface area contributed by atoms with Gasteiger partial charge in [-0.15, -0.1) is 0 Å². The van der Waals surface area contributed by atoms with Crippen molar-refractivity contribution in [3.63, 3.8) is 0 Å². The van der Waals surface area contributed by atoms with Gasteiger partial charge in [-0.05, 0) is 13.8 Å². The van der Waals surface area contributed by atoms with E-state index >= 15 is 0 Å². The molecule has 0 radical (unpaired) electrons. The zero-order chi connectivity index (χ0) is 12.6. The minimum absolute atomic E-state index is 0.248. The molecule has 0 aromatic carbocycles. The number of aliphatic hydroxyl groups excluding tert-OH is 2. The maximum atomic E-state index is 11.7. The molecule has 17 heavy (non-hydrogen) atoms. The standard InChI is InChI=1S/C10H15N3O4/c1-5-11-6(2)13(10(16)12-5)9-3-7(15)8(4-14)17-9/h7-9,14-15H,3-4H2,1-2H3/t7?,8-,9-/m1/s1. The van der Waals surface area contributed by atoms with Gasteiger partial charge in [0.05, 0.1) is 12.7 Å². The van der Waals surface area contributed by atoms with Crippen molar-refractivity contribution in [3.8, 4) is 0 Å². The first-order chi connectivity index (χ1) is 8.02. The molecule has 1 saturated heterocycles. The van der Waals surface area contributed by atoms with Crippen molar-refractivity contribution in [3.05, 3.63) is 22.1 Å². The number of ether oxygens (including phenoxy) is 1. The molecule has 2 N–H and O–H groups in total. The Hall–Kier alpha value is -1.31. The maximum absolute atomic E-state index is 11.7. The van der Waals surface area contributed by atoms with Crippen molar-refractivity contribution >= 4 is 0 Å². The molecule has 3 atom stereocenters. The van der Waals surface area contributed by atoms with E-state index < -0.39 is 24.1 Å². The Bertz CT molecular complexity index is 473. The topological polar surface area (TPSA) is 97.5 Å². The zero-order valence-electron chi connectivity index (χ0n) is 9.70. The Balaban J connectivity index is 2.34. The fraction of sp³-hybridized carbons (Fsp3) is 0.700. The van der Waals surface area contributed by atoms with Crippen molar-refractivity contribution in [2.45, 2.75) is 38.7 Å². The first-order valence-electron chi connectivity index (χ1n) is 5.41. The lowest BCUT2D eigenvalue weighted by Crippen LogP contribution is -2.31. The Morgan fingerprint density at radius 1 is 1.47 bits per heavy atom. The number of nitrogens with zero attached hydrogens (tertiary/aromatic N) is 3. The van der Waals surface area contributed by atoms with E-state index in [1.807, 2.05) is 0 Å². The highest BCUT2D eigenvalue weighted by Gasteiger charge is 2.35. The first-order valence-corrected chi connectivity index (χ1v) is 5.41. The molecule has 0 spiro atoms. The summed E-state index contributed by atoms with van der Waals surface area (Å²) in [6.45, 7) is 3.04. The molecule has 0 saturated carbocycles. The predicted molar refractivity (Wildman–Crippen MR) is 57.4 cm³/mol. The van der Waals surface area contributed by atoms with E-state index in [1.165, 1.54) is 4.57 Å². The van der Waals surface area contributed by atoms with Crippen LogP contribution >= 0.6 is 0 Å². The second kappa shape index (κ2) is 4.52. The van der Waals surface area contributed by atoms with Crippen molar-refractivity contribution in [2.24, 2.45) is 0 Å². The third-order valence-electron chi connectivity index (χ3n) is 2.81. The molecule has 0 aliphatic carbocycles. The van der Waals surface area contributed by atoms with Gasteiger partial charge in [0.15, 0.2) is 0 Å². The molecule has 1 unspecified atom stereocenters. The third kappa shape index (κ3) is 2.21. The van der Waals surface area contributed by atoms with Crippen LogP contribution in [0.1, 0.15) is 24.3 Å². The molecule has 1 aromatic heterocycles. The minimum Gasteiger partial charge on any atom is -0.394 e. The molecule has 0 bridgehead atoms. The summed E-state index contributed by atoms with van der Waals surface area (Å²) in [6.07, 6.45) is -1.81.